The van der Waals surface area contributed by atoms with Crippen molar-refractivity contribution in [3.05, 3.63) is 30.6 Å². The van der Waals surface area contributed by atoms with E-state index in [1.54, 1.807) is 0 Å². The summed E-state index contributed by atoms with van der Waals surface area (Å²) in [5.74, 6) is 0.971. The molecule has 0 saturated carbocycles. The van der Waals surface area contributed by atoms with Gasteiger partial charge in [-0.1, -0.05) is 13.3 Å². The molecule has 0 radical (unpaired) electrons. The second-order valence-corrected chi connectivity index (χ2v) is 5.00. The maximum atomic E-state index is 4.56. The van der Waals surface area contributed by atoms with E-state index < -0.39 is 0 Å². The quantitative estimate of drug-likeness (QED) is 0.780. The van der Waals surface area contributed by atoms with Crippen LogP contribution in [0.4, 0.5) is 5.95 Å². The van der Waals surface area contributed by atoms with Crippen LogP contribution >= 0.6 is 0 Å². The number of nitrogens with one attached hydrogen (secondary N) is 1. The minimum Gasteiger partial charge on any atom is -0.356 e. The van der Waals surface area contributed by atoms with E-state index in [0.717, 1.165) is 24.7 Å². The zero-order chi connectivity index (χ0) is 13.7. The minimum absolute atomic E-state index is 0.347. The number of nitrogens with zero attached hydrogens (tertiary/aromatic N) is 4. The molecule has 104 valence electrons. The van der Waals surface area contributed by atoms with Crippen LogP contribution in [-0.2, 0) is 6.54 Å². The van der Waals surface area contributed by atoms with Crippen LogP contribution in [0.15, 0.2) is 24.9 Å². The molecule has 1 atom stereocenters. The first-order valence-corrected chi connectivity index (χ1v) is 6.95. The summed E-state index contributed by atoms with van der Waals surface area (Å²) in [5, 5.41) is 3.42. The number of hydrogen-bond acceptors (Lipinski definition) is 3. The van der Waals surface area contributed by atoms with E-state index in [-0.39, 0.29) is 0 Å². The summed E-state index contributed by atoms with van der Waals surface area (Å²) in [4.78, 5) is 8.64. The predicted molar refractivity (Wildman–Crippen MR) is 77.3 cm³/mol. The number of imidazole rings is 2. The van der Waals surface area contributed by atoms with Crippen molar-refractivity contribution in [3.8, 4) is 0 Å². The Kier molecular flexibility index (Phi) is 4.60. The van der Waals surface area contributed by atoms with Gasteiger partial charge in [0, 0.05) is 31.7 Å². The van der Waals surface area contributed by atoms with Gasteiger partial charge in [-0.15, -0.1) is 0 Å². The molecular formula is C14H23N5. The Hall–Kier alpha value is -1.78. The third kappa shape index (κ3) is 3.59. The van der Waals surface area contributed by atoms with Gasteiger partial charge in [-0.05, 0) is 20.3 Å². The van der Waals surface area contributed by atoms with Crippen molar-refractivity contribution in [1.82, 2.24) is 19.1 Å². The monoisotopic (exact) mass is 261 g/mol. The molecule has 2 heterocycles. The first kappa shape index (κ1) is 13.6. The van der Waals surface area contributed by atoms with E-state index in [2.05, 4.69) is 44.5 Å². The standard InChI is InChI=1S/C14H23N5/c1-4-5-6-16-14-17-12(2)9-19(14)13(3)10-18-8-7-15-11-18/h7-9,11,13H,4-6,10H2,1-3H3,(H,16,17). The van der Waals surface area contributed by atoms with Crippen molar-refractivity contribution >= 4 is 5.95 Å². The molecule has 1 N–H and O–H groups in total. The zero-order valence-corrected chi connectivity index (χ0v) is 12.0. The van der Waals surface area contributed by atoms with Crippen molar-refractivity contribution in [3.63, 3.8) is 0 Å². The van der Waals surface area contributed by atoms with Crippen molar-refractivity contribution in [2.24, 2.45) is 0 Å². The number of rotatable bonds is 7. The topological polar surface area (TPSA) is 47.7 Å². The summed E-state index contributed by atoms with van der Waals surface area (Å²) in [6.45, 7) is 8.31. The van der Waals surface area contributed by atoms with Crippen LogP contribution in [0.2, 0.25) is 0 Å². The second-order valence-electron chi connectivity index (χ2n) is 5.00. The summed E-state index contributed by atoms with van der Waals surface area (Å²) in [7, 11) is 0. The number of anilines is 1. The molecule has 19 heavy (non-hydrogen) atoms. The Morgan fingerprint density at radius 1 is 1.42 bits per heavy atom. The minimum atomic E-state index is 0.347. The predicted octanol–water partition coefficient (Wildman–Crippen LogP) is 2.86. The molecule has 0 spiro atoms. The summed E-state index contributed by atoms with van der Waals surface area (Å²) < 4.78 is 4.31. The average Bonchev–Trinajstić information content (AvgIpc) is 2.99. The van der Waals surface area contributed by atoms with Gasteiger partial charge in [0.2, 0.25) is 5.95 Å². The lowest BCUT2D eigenvalue weighted by molar-refractivity contribution is 0.467. The largest absolute Gasteiger partial charge is 0.356 e. The van der Waals surface area contributed by atoms with Crippen LogP contribution in [0.3, 0.4) is 0 Å². The van der Waals surface area contributed by atoms with Gasteiger partial charge in [0.05, 0.1) is 18.1 Å². The highest BCUT2D eigenvalue weighted by atomic mass is 15.2. The van der Waals surface area contributed by atoms with E-state index in [1.807, 2.05) is 25.6 Å². The van der Waals surface area contributed by atoms with Crippen LogP contribution in [0.25, 0.3) is 0 Å². The molecule has 2 aromatic heterocycles. The van der Waals surface area contributed by atoms with Crippen LogP contribution in [0.1, 0.15) is 38.4 Å². The summed E-state index contributed by atoms with van der Waals surface area (Å²) >= 11 is 0. The smallest absolute Gasteiger partial charge is 0.203 e. The first-order valence-electron chi connectivity index (χ1n) is 6.95. The van der Waals surface area contributed by atoms with E-state index in [9.17, 15) is 0 Å². The molecule has 2 aromatic rings. The average molecular weight is 261 g/mol. The molecule has 0 aliphatic heterocycles. The van der Waals surface area contributed by atoms with Crippen molar-refractivity contribution in [1.29, 1.82) is 0 Å². The van der Waals surface area contributed by atoms with Gasteiger partial charge in [-0.3, -0.25) is 0 Å². The molecule has 0 fully saturated rings. The van der Waals surface area contributed by atoms with Gasteiger partial charge in [-0.2, -0.15) is 0 Å². The molecule has 0 amide bonds. The molecule has 1 unspecified atom stereocenters. The summed E-state index contributed by atoms with van der Waals surface area (Å²) in [6.07, 6.45) is 10.1. The van der Waals surface area contributed by atoms with Crippen molar-refractivity contribution < 1.29 is 0 Å². The third-order valence-corrected chi connectivity index (χ3v) is 3.18. The molecule has 0 aromatic carbocycles. The first-order chi connectivity index (χ1) is 9.20. The fourth-order valence-electron chi connectivity index (χ4n) is 2.15. The number of unbranched alkanes of at least 4 members (excludes halogenated alkanes) is 1. The normalized spacial score (nSPS) is 12.6. The van der Waals surface area contributed by atoms with Gasteiger partial charge in [0.25, 0.3) is 0 Å². The van der Waals surface area contributed by atoms with Crippen LogP contribution in [0, 0.1) is 6.92 Å². The van der Waals surface area contributed by atoms with Gasteiger partial charge in [-0.25, -0.2) is 9.97 Å². The summed E-state index contributed by atoms with van der Waals surface area (Å²) in [5.41, 5.74) is 1.05. The molecule has 5 nitrogen and oxygen atoms in total. The van der Waals surface area contributed by atoms with Gasteiger partial charge >= 0.3 is 0 Å². The Morgan fingerprint density at radius 3 is 2.95 bits per heavy atom. The van der Waals surface area contributed by atoms with Crippen LogP contribution < -0.4 is 5.32 Å². The second kappa shape index (κ2) is 6.41. The molecule has 0 aliphatic carbocycles. The van der Waals surface area contributed by atoms with Gasteiger partial charge in [0.15, 0.2) is 0 Å². The number of aryl methyl sites for hydroxylation is 1. The van der Waals surface area contributed by atoms with E-state index in [1.165, 1.54) is 12.8 Å². The van der Waals surface area contributed by atoms with E-state index in [0.29, 0.717) is 6.04 Å². The van der Waals surface area contributed by atoms with E-state index in [4.69, 9.17) is 0 Å². The SMILES string of the molecule is CCCCNc1nc(C)cn1C(C)Cn1ccnc1. The van der Waals surface area contributed by atoms with E-state index >= 15 is 0 Å². The van der Waals surface area contributed by atoms with Crippen molar-refractivity contribution in [2.45, 2.75) is 46.2 Å². The fourth-order valence-corrected chi connectivity index (χ4v) is 2.15. The molecule has 2 rings (SSSR count). The van der Waals surface area contributed by atoms with Crippen LogP contribution in [0.5, 0.6) is 0 Å². The van der Waals surface area contributed by atoms with Gasteiger partial charge < -0.3 is 14.5 Å². The van der Waals surface area contributed by atoms with Crippen molar-refractivity contribution in [2.75, 3.05) is 11.9 Å². The van der Waals surface area contributed by atoms with Crippen LogP contribution in [-0.4, -0.2) is 25.6 Å². The Bertz CT molecular complexity index is 486. The molecule has 0 aliphatic rings. The number of hydrogen-bond donors (Lipinski definition) is 1. The Balaban J connectivity index is 2.05. The molecule has 5 heteroatoms. The maximum absolute atomic E-state index is 4.56. The fraction of sp³-hybridized carbons (Fsp3) is 0.571. The Labute approximate surface area is 114 Å². The number of aromatic nitrogens is 4. The molecular weight excluding hydrogens is 238 g/mol. The molecule has 0 saturated heterocycles. The highest BCUT2D eigenvalue weighted by Crippen LogP contribution is 2.17. The third-order valence-electron chi connectivity index (χ3n) is 3.18. The lowest BCUT2D eigenvalue weighted by atomic mass is 10.3. The lowest BCUT2D eigenvalue weighted by Gasteiger charge is -2.17. The van der Waals surface area contributed by atoms with Gasteiger partial charge in [0.1, 0.15) is 0 Å². The Morgan fingerprint density at radius 2 is 2.26 bits per heavy atom. The molecule has 0 bridgehead atoms. The highest BCUT2D eigenvalue weighted by molar-refractivity contribution is 5.29. The summed E-state index contributed by atoms with van der Waals surface area (Å²) in [6, 6.07) is 0.347. The maximum Gasteiger partial charge on any atom is 0.203 e. The zero-order valence-electron chi connectivity index (χ0n) is 12.0. The lowest BCUT2D eigenvalue weighted by Crippen LogP contribution is -2.15. The highest BCUT2D eigenvalue weighted by Gasteiger charge is 2.11.